The Morgan fingerprint density at radius 1 is 1.67 bits per heavy atom. The predicted molar refractivity (Wildman–Crippen MR) is 43.0 cm³/mol. The van der Waals surface area contributed by atoms with Gasteiger partial charge in [0.2, 0.25) is 5.88 Å². The Balaban J connectivity index is 2.72. The first-order chi connectivity index (χ1) is 5.61. The average Bonchev–Trinajstić information content (AvgIpc) is 2.33. The highest BCUT2D eigenvalue weighted by atomic mass is 16.5. The highest BCUT2D eigenvalue weighted by Gasteiger charge is 2.14. The maximum Gasteiger partial charge on any atom is 0.343 e. The number of rotatable bonds is 2. The molecule has 1 aromatic heterocycles. The van der Waals surface area contributed by atoms with Gasteiger partial charge in [-0.2, -0.15) is 0 Å². The van der Waals surface area contributed by atoms with E-state index in [0.29, 0.717) is 0 Å². The van der Waals surface area contributed by atoms with E-state index in [1.54, 1.807) is 13.8 Å². The molecule has 4 nitrogen and oxygen atoms in total. The minimum atomic E-state index is -0.510. The van der Waals surface area contributed by atoms with E-state index in [1.165, 1.54) is 12.3 Å². The number of esters is 1. The quantitative estimate of drug-likeness (QED) is 0.655. The molecule has 1 rings (SSSR count). The lowest BCUT2D eigenvalue weighted by Gasteiger charge is -2.05. The zero-order chi connectivity index (χ0) is 9.14. The molecule has 0 amide bonds. The molecule has 0 fully saturated rings. The molecule has 2 N–H and O–H groups in total. The molecule has 0 saturated heterocycles. The van der Waals surface area contributed by atoms with Crippen molar-refractivity contribution in [3.63, 3.8) is 0 Å². The van der Waals surface area contributed by atoms with Crippen molar-refractivity contribution in [2.45, 2.75) is 20.0 Å². The van der Waals surface area contributed by atoms with Gasteiger partial charge in [-0.15, -0.1) is 0 Å². The molecular weight excluding hydrogens is 158 g/mol. The van der Waals surface area contributed by atoms with Crippen LogP contribution >= 0.6 is 0 Å². The Morgan fingerprint density at radius 3 is 2.75 bits per heavy atom. The number of aromatic nitrogens is 1. The van der Waals surface area contributed by atoms with Gasteiger partial charge < -0.3 is 14.8 Å². The molecule has 4 heteroatoms. The van der Waals surface area contributed by atoms with Crippen molar-refractivity contribution in [1.29, 1.82) is 0 Å². The second-order valence-corrected chi connectivity index (χ2v) is 2.69. The molecule has 0 spiro atoms. The largest absolute Gasteiger partial charge is 0.494 e. The highest BCUT2D eigenvalue weighted by molar-refractivity contribution is 5.91. The first-order valence-corrected chi connectivity index (χ1v) is 3.68. The standard InChI is InChI=1S/C8H11NO3/c1-5(2)12-8(11)6-3-4-9-7(6)10/h3-5,9-10H,1-2H3. The van der Waals surface area contributed by atoms with Crippen LogP contribution in [0.1, 0.15) is 24.2 Å². The van der Waals surface area contributed by atoms with Gasteiger partial charge in [-0.3, -0.25) is 0 Å². The molecule has 0 aromatic carbocycles. The zero-order valence-electron chi connectivity index (χ0n) is 7.00. The van der Waals surface area contributed by atoms with Crippen molar-refractivity contribution >= 4 is 5.97 Å². The molecule has 0 aliphatic rings. The summed E-state index contributed by atoms with van der Waals surface area (Å²) in [6.07, 6.45) is 1.30. The van der Waals surface area contributed by atoms with Crippen molar-refractivity contribution in [3.8, 4) is 5.88 Å². The van der Waals surface area contributed by atoms with E-state index in [2.05, 4.69) is 4.98 Å². The van der Waals surface area contributed by atoms with Crippen LogP contribution in [0.4, 0.5) is 0 Å². The molecule has 12 heavy (non-hydrogen) atoms. The van der Waals surface area contributed by atoms with E-state index in [0.717, 1.165) is 0 Å². The summed E-state index contributed by atoms with van der Waals surface area (Å²) in [5, 5.41) is 9.08. The first kappa shape index (κ1) is 8.64. The zero-order valence-corrected chi connectivity index (χ0v) is 7.00. The molecule has 0 bridgehead atoms. The molecule has 0 aliphatic heterocycles. The second-order valence-electron chi connectivity index (χ2n) is 2.69. The Morgan fingerprint density at radius 2 is 2.33 bits per heavy atom. The van der Waals surface area contributed by atoms with Gasteiger partial charge in [-0.05, 0) is 19.9 Å². The van der Waals surface area contributed by atoms with E-state index >= 15 is 0 Å². The number of carbonyl (C=O) groups excluding carboxylic acids is 1. The molecule has 0 unspecified atom stereocenters. The molecule has 66 valence electrons. The molecule has 1 aromatic rings. The summed E-state index contributed by atoms with van der Waals surface area (Å²) in [6.45, 7) is 3.50. The number of hydrogen-bond acceptors (Lipinski definition) is 3. The van der Waals surface area contributed by atoms with Crippen LogP contribution < -0.4 is 0 Å². The summed E-state index contributed by atoms with van der Waals surface area (Å²) in [7, 11) is 0. The van der Waals surface area contributed by atoms with E-state index in [4.69, 9.17) is 9.84 Å². The summed E-state index contributed by atoms with van der Waals surface area (Å²) in [6, 6.07) is 1.47. The van der Waals surface area contributed by atoms with Crippen LogP contribution in [0.5, 0.6) is 5.88 Å². The summed E-state index contributed by atoms with van der Waals surface area (Å²) < 4.78 is 4.86. The van der Waals surface area contributed by atoms with Crippen molar-refractivity contribution < 1.29 is 14.6 Å². The van der Waals surface area contributed by atoms with Gasteiger partial charge in [0.1, 0.15) is 5.56 Å². The van der Waals surface area contributed by atoms with E-state index in [1.807, 2.05) is 0 Å². The monoisotopic (exact) mass is 169 g/mol. The summed E-state index contributed by atoms with van der Waals surface area (Å²) >= 11 is 0. The number of H-pyrrole nitrogens is 1. The summed E-state index contributed by atoms with van der Waals surface area (Å²) in [5.41, 5.74) is 0.170. The Kier molecular flexibility index (Phi) is 2.38. The summed E-state index contributed by atoms with van der Waals surface area (Å²) in [4.78, 5) is 13.6. The van der Waals surface area contributed by atoms with Crippen LogP contribution in [0.2, 0.25) is 0 Å². The van der Waals surface area contributed by atoms with Crippen molar-refractivity contribution in [1.82, 2.24) is 4.98 Å². The maximum absolute atomic E-state index is 11.1. The van der Waals surface area contributed by atoms with Crippen molar-refractivity contribution in [3.05, 3.63) is 17.8 Å². The van der Waals surface area contributed by atoms with E-state index in [-0.39, 0.29) is 17.5 Å². The van der Waals surface area contributed by atoms with Gasteiger partial charge in [-0.1, -0.05) is 0 Å². The van der Waals surface area contributed by atoms with Crippen LogP contribution in [0.3, 0.4) is 0 Å². The summed E-state index contributed by atoms with van der Waals surface area (Å²) in [5.74, 6) is -0.663. The predicted octanol–water partition coefficient (Wildman–Crippen LogP) is 1.29. The lowest BCUT2D eigenvalue weighted by atomic mass is 10.3. The van der Waals surface area contributed by atoms with Crippen LogP contribution in [0.25, 0.3) is 0 Å². The third-order valence-electron chi connectivity index (χ3n) is 1.29. The third-order valence-corrected chi connectivity index (χ3v) is 1.29. The van der Waals surface area contributed by atoms with Crippen LogP contribution in [-0.4, -0.2) is 22.2 Å². The lowest BCUT2D eigenvalue weighted by molar-refractivity contribution is 0.0375. The molecular formula is C8H11NO3. The Labute approximate surface area is 70.2 Å². The smallest absolute Gasteiger partial charge is 0.343 e. The molecule has 0 saturated carbocycles. The van der Waals surface area contributed by atoms with Gasteiger partial charge >= 0.3 is 5.97 Å². The fraction of sp³-hybridized carbons (Fsp3) is 0.375. The van der Waals surface area contributed by atoms with Gasteiger partial charge in [0.05, 0.1) is 6.10 Å². The topological polar surface area (TPSA) is 62.3 Å². The van der Waals surface area contributed by atoms with Gasteiger partial charge in [0.25, 0.3) is 0 Å². The minimum absolute atomic E-state index is 0.152. The number of ether oxygens (including phenoxy) is 1. The molecule has 0 atom stereocenters. The van der Waals surface area contributed by atoms with E-state index < -0.39 is 5.97 Å². The van der Waals surface area contributed by atoms with Gasteiger partial charge in [0.15, 0.2) is 0 Å². The normalized spacial score (nSPS) is 10.2. The van der Waals surface area contributed by atoms with Crippen molar-refractivity contribution in [2.24, 2.45) is 0 Å². The molecule has 1 heterocycles. The first-order valence-electron chi connectivity index (χ1n) is 3.68. The van der Waals surface area contributed by atoms with E-state index in [9.17, 15) is 4.79 Å². The second kappa shape index (κ2) is 3.30. The van der Waals surface area contributed by atoms with Crippen molar-refractivity contribution in [2.75, 3.05) is 0 Å². The third kappa shape index (κ3) is 1.78. The van der Waals surface area contributed by atoms with Crippen LogP contribution in [0, 0.1) is 0 Å². The Bertz CT molecular complexity index is 278. The van der Waals surface area contributed by atoms with Gasteiger partial charge in [-0.25, -0.2) is 4.79 Å². The fourth-order valence-electron chi connectivity index (χ4n) is 0.803. The fourth-order valence-corrected chi connectivity index (χ4v) is 0.803. The lowest BCUT2D eigenvalue weighted by Crippen LogP contribution is -2.10. The number of aromatic hydroxyl groups is 1. The highest BCUT2D eigenvalue weighted by Crippen LogP contribution is 2.14. The molecule has 0 radical (unpaired) electrons. The van der Waals surface area contributed by atoms with Gasteiger partial charge in [0, 0.05) is 6.20 Å². The number of aromatic amines is 1. The van der Waals surface area contributed by atoms with Crippen LogP contribution in [-0.2, 0) is 4.74 Å². The maximum atomic E-state index is 11.1. The Hall–Kier alpha value is -1.45. The number of hydrogen-bond donors (Lipinski definition) is 2. The molecule has 0 aliphatic carbocycles. The SMILES string of the molecule is CC(C)OC(=O)c1cc[nH]c1O. The number of nitrogens with one attached hydrogen (secondary N) is 1. The van der Waals surface area contributed by atoms with Crippen LogP contribution in [0.15, 0.2) is 12.3 Å². The number of carbonyl (C=O) groups is 1. The average molecular weight is 169 g/mol. The minimum Gasteiger partial charge on any atom is -0.494 e.